The minimum absolute atomic E-state index is 0.251. The van der Waals surface area contributed by atoms with Crippen LogP contribution in [0.25, 0.3) is 5.69 Å². The summed E-state index contributed by atoms with van der Waals surface area (Å²) in [4.78, 5) is 18.0. The summed E-state index contributed by atoms with van der Waals surface area (Å²) in [5.74, 6) is -1.36. The average molecular weight is 424 g/mol. The summed E-state index contributed by atoms with van der Waals surface area (Å²) in [5, 5.41) is 6.32. The summed E-state index contributed by atoms with van der Waals surface area (Å²) in [6, 6.07) is 4.93. The van der Waals surface area contributed by atoms with E-state index in [0.717, 1.165) is 48.2 Å². The van der Waals surface area contributed by atoms with Crippen LogP contribution in [0.5, 0.6) is 0 Å². The van der Waals surface area contributed by atoms with Crippen molar-refractivity contribution < 1.29 is 22.4 Å². The van der Waals surface area contributed by atoms with Crippen LogP contribution in [-0.2, 0) is 19.0 Å². The largest absolute Gasteiger partial charge is 0.434 e. The van der Waals surface area contributed by atoms with E-state index in [4.69, 9.17) is 0 Å². The summed E-state index contributed by atoms with van der Waals surface area (Å²) in [6.45, 7) is 2.12. The van der Waals surface area contributed by atoms with E-state index in [2.05, 4.69) is 22.3 Å². The lowest BCUT2D eigenvalue weighted by Crippen LogP contribution is -2.21. The Morgan fingerprint density at radius 3 is 2.79 bits per heavy atom. The number of fused-ring (bicyclic) bond motifs is 1. The van der Waals surface area contributed by atoms with Gasteiger partial charge in [0.25, 0.3) is 5.91 Å². The maximum Gasteiger partial charge on any atom is 0.434 e. The van der Waals surface area contributed by atoms with Gasteiger partial charge in [0, 0.05) is 4.88 Å². The molecule has 0 unspecified atom stereocenters. The molecule has 3 aromatic rings. The summed E-state index contributed by atoms with van der Waals surface area (Å²) >= 11 is 1.27. The fraction of sp³-hybridized carbons (Fsp3) is 0.316. The molecule has 1 aliphatic rings. The third-order valence-corrected chi connectivity index (χ3v) is 5.80. The Kier molecular flexibility index (Phi) is 4.89. The summed E-state index contributed by atoms with van der Waals surface area (Å²) < 4.78 is 55.6. The van der Waals surface area contributed by atoms with Crippen molar-refractivity contribution in [2.24, 2.45) is 5.92 Å². The van der Waals surface area contributed by atoms with Gasteiger partial charge in [-0.3, -0.25) is 10.1 Å². The maximum atomic E-state index is 14.0. The molecule has 4 rings (SSSR count). The highest BCUT2D eigenvalue weighted by Crippen LogP contribution is 2.36. The predicted octanol–water partition coefficient (Wildman–Crippen LogP) is 4.86. The molecule has 1 N–H and O–H groups in total. The number of aryl methyl sites for hydroxylation is 1. The van der Waals surface area contributed by atoms with Crippen molar-refractivity contribution in [3.8, 4) is 5.69 Å². The van der Waals surface area contributed by atoms with Crippen LogP contribution < -0.4 is 5.32 Å². The Labute approximate surface area is 167 Å². The molecule has 1 amide bonds. The van der Waals surface area contributed by atoms with Gasteiger partial charge < -0.3 is 0 Å². The van der Waals surface area contributed by atoms with Gasteiger partial charge in [0.1, 0.15) is 11.5 Å². The fourth-order valence-electron chi connectivity index (χ4n) is 3.35. The Balaban J connectivity index is 1.68. The molecule has 29 heavy (non-hydrogen) atoms. The molecule has 0 aliphatic heterocycles. The number of thiazole rings is 1. The third kappa shape index (κ3) is 3.76. The number of carbonyl (C=O) groups excluding carboxylic acids is 1. The zero-order valence-electron chi connectivity index (χ0n) is 15.3. The lowest BCUT2D eigenvalue weighted by Gasteiger charge is -2.15. The predicted molar refractivity (Wildman–Crippen MR) is 99.8 cm³/mol. The molecule has 0 saturated carbocycles. The molecule has 1 aromatic carbocycles. The van der Waals surface area contributed by atoms with Crippen LogP contribution in [0.15, 0.2) is 30.5 Å². The lowest BCUT2D eigenvalue weighted by atomic mass is 9.93. The molecule has 0 radical (unpaired) electrons. The molecular weight excluding hydrogens is 408 g/mol. The van der Waals surface area contributed by atoms with Crippen molar-refractivity contribution in [3.63, 3.8) is 0 Å². The number of nitrogens with one attached hydrogen (secondary N) is 1. The number of alkyl halides is 3. The van der Waals surface area contributed by atoms with Crippen molar-refractivity contribution in [2.75, 3.05) is 5.32 Å². The van der Waals surface area contributed by atoms with Gasteiger partial charge in [-0.15, -0.1) is 11.3 Å². The van der Waals surface area contributed by atoms with E-state index >= 15 is 0 Å². The van der Waals surface area contributed by atoms with Gasteiger partial charge in [-0.25, -0.2) is 14.1 Å². The second-order valence-corrected chi connectivity index (χ2v) is 8.04. The highest BCUT2D eigenvalue weighted by Gasteiger charge is 2.41. The molecule has 5 nitrogen and oxygen atoms in total. The number of nitrogens with zero attached hydrogens (tertiary/aromatic N) is 3. The topological polar surface area (TPSA) is 59.8 Å². The molecule has 2 heterocycles. The van der Waals surface area contributed by atoms with E-state index in [-0.39, 0.29) is 5.13 Å². The number of hydrogen-bond acceptors (Lipinski definition) is 4. The normalized spacial score (nSPS) is 16.5. The number of hydrogen-bond donors (Lipinski definition) is 1. The highest BCUT2D eigenvalue weighted by atomic mass is 32.1. The maximum absolute atomic E-state index is 14.0. The van der Waals surface area contributed by atoms with Gasteiger partial charge in [0.05, 0.1) is 17.5 Å². The zero-order chi connectivity index (χ0) is 20.8. The van der Waals surface area contributed by atoms with Crippen LogP contribution in [0.1, 0.15) is 40.0 Å². The third-order valence-electron chi connectivity index (χ3n) is 4.77. The first-order valence-corrected chi connectivity index (χ1v) is 9.75. The first-order valence-electron chi connectivity index (χ1n) is 8.94. The number of carbonyl (C=O) groups is 1. The van der Waals surface area contributed by atoms with Crippen LogP contribution in [-0.4, -0.2) is 20.7 Å². The Bertz CT molecular complexity index is 1070. The van der Waals surface area contributed by atoms with Crippen LogP contribution in [0, 0.1) is 11.7 Å². The number of halogens is 4. The van der Waals surface area contributed by atoms with Crippen LogP contribution in [0.4, 0.5) is 22.7 Å². The number of aromatic nitrogens is 3. The number of anilines is 1. The van der Waals surface area contributed by atoms with Gasteiger partial charge in [0.15, 0.2) is 10.8 Å². The Hall–Kier alpha value is -2.75. The molecule has 0 bridgehead atoms. The first-order chi connectivity index (χ1) is 13.7. The summed E-state index contributed by atoms with van der Waals surface area (Å²) in [7, 11) is 0. The molecule has 10 heteroatoms. The van der Waals surface area contributed by atoms with Crippen molar-refractivity contribution >= 4 is 22.4 Å². The molecule has 152 valence electrons. The number of amides is 1. The molecule has 0 fully saturated rings. The monoisotopic (exact) mass is 424 g/mol. The van der Waals surface area contributed by atoms with Crippen LogP contribution >= 0.6 is 11.3 Å². The van der Waals surface area contributed by atoms with Crippen LogP contribution in [0.2, 0.25) is 0 Å². The molecule has 1 aliphatic carbocycles. The Morgan fingerprint density at radius 1 is 1.31 bits per heavy atom. The molecule has 0 spiro atoms. The number of para-hydroxylation sites is 1. The highest BCUT2D eigenvalue weighted by molar-refractivity contribution is 7.15. The standard InChI is InChI=1S/C19H16F4N4OS/c1-10-6-7-13-15(8-10)29-18(25-13)26-17(28)11-9-24-27(16(11)19(21,22)23)14-5-3-2-4-12(14)20/h2-5,9-10H,6-8H2,1H3,(H,25,26,28)/t10-/m0/s1. The summed E-state index contributed by atoms with van der Waals surface area (Å²) in [5.41, 5.74) is -1.54. The Morgan fingerprint density at radius 2 is 2.07 bits per heavy atom. The van der Waals surface area contributed by atoms with Crippen molar-refractivity contribution in [2.45, 2.75) is 32.4 Å². The van der Waals surface area contributed by atoms with Gasteiger partial charge in [-0.1, -0.05) is 19.1 Å². The van der Waals surface area contributed by atoms with Gasteiger partial charge in [-0.05, 0) is 37.3 Å². The molecule has 0 saturated heterocycles. The van der Waals surface area contributed by atoms with Gasteiger partial charge in [-0.2, -0.15) is 18.3 Å². The van der Waals surface area contributed by atoms with Gasteiger partial charge in [0.2, 0.25) is 0 Å². The molecule has 1 atom stereocenters. The second kappa shape index (κ2) is 7.25. The minimum Gasteiger partial charge on any atom is -0.298 e. The molecular formula is C19H16F4N4OS. The van der Waals surface area contributed by atoms with E-state index in [1.165, 1.54) is 23.5 Å². The molecule has 2 aromatic heterocycles. The summed E-state index contributed by atoms with van der Waals surface area (Å²) in [6.07, 6.45) is -1.52. The minimum atomic E-state index is -4.91. The second-order valence-electron chi connectivity index (χ2n) is 6.96. The van der Waals surface area contributed by atoms with Crippen molar-refractivity contribution in [3.05, 3.63) is 58.1 Å². The van der Waals surface area contributed by atoms with Crippen LogP contribution in [0.3, 0.4) is 0 Å². The van der Waals surface area contributed by atoms with Crippen molar-refractivity contribution in [1.82, 2.24) is 14.8 Å². The van der Waals surface area contributed by atoms with E-state index in [1.807, 2.05) is 0 Å². The quantitative estimate of drug-likeness (QED) is 0.611. The van der Waals surface area contributed by atoms with E-state index in [1.54, 1.807) is 0 Å². The van der Waals surface area contributed by atoms with E-state index in [9.17, 15) is 22.4 Å². The van der Waals surface area contributed by atoms with Gasteiger partial charge >= 0.3 is 6.18 Å². The number of benzene rings is 1. The van der Waals surface area contributed by atoms with Crippen molar-refractivity contribution in [1.29, 1.82) is 0 Å². The zero-order valence-corrected chi connectivity index (χ0v) is 16.1. The van der Waals surface area contributed by atoms with E-state index in [0.29, 0.717) is 10.6 Å². The average Bonchev–Trinajstić information content (AvgIpc) is 3.25. The fourth-order valence-corrected chi connectivity index (χ4v) is 4.52. The van der Waals surface area contributed by atoms with E-state index < -0.39 is 34.8 Å². The first kappa shape index (κ1) is 19.6. The number of rotatable bonds is 3. The SMILES string of the molecule is C[C@H]1CCc2nc(NC(=O)c3cnn(-c4ccccc4F)c3C(F)(F)F)sc2C1. The lowest BCUT2D eigenvalue weighted by molar-refractivity contribution is -0.143. The smallest absolute Gasteiger partial charge is 0.298 e.